The van der Waals surface area contributed by atoms with Crippen LogP contribution in [0.5, 0.6) is 0 Å². The summed E-state index contributed by atoms with van der Waals surface area (Å²) < 4.78 is 0. The third-order valence-corrected chi connectivity index (χ3v) is 6.74. The van der Waals surface area contributed by atoms with Gasteiger partial charge in [0.1, 0.15) is 0 Å². The van der Waals surface area contributed by atoms with Crippen molar-refractivity contribution in [1.82, 2.24) is 9.96 Å². The molecule has 0 N–H and O–H groups in total. The number of nitrogens with zero attached hydrogens (tertiary/aromatic N) is 2. The molecule has 2 aliphatic rings. The van der Waals surface area contributed by atoms with E-state index >= 15 is 0 Å². The van der Waals surface area contributed by atoms with Gasteiger partial charge in [0.2, 0.25) is 0 Å². The van der Waals surface area contributed by atoms with E-state index < -0.39 is 29.9 Å². The van der Waals surface area contributed by atoms with Crippen LogP contribution in [0.4, 0.5) is 0 Å². The fourth-order valence-electron chi connectivity index (χ4n) is 4.67. The number of benzene rings is 2. The van der Waals surface area contributed by atoms with Crippen molar-refractivity contribution in [3.8, 4) is 0 Å². The largest absolute Gasteiger partial charge is 0.288 e. The monoisotopic (exact) mass is 540 g/mol. The van der Waals surface area contributed by atoms with Gasteiger partial charge in [-0.05, 0) is 52.2 Å². The van der Waals surface area contributed by atoms with Crippen LogP contribution in [-0.4, -0.2) is 39.8 Å². The number of amides is 4. The van der Waals surface area contributed by atoms with Gasteiger partial charge < -0.3 is 0 Å². The van der Waals surface area contributed by atoms with Crippen LogP contribution >= 0.6 is 0 Å². The van der Waals surface area contributed by atoms with Crippen LogP contribution in [-0.2, 0) is 25.0 Å². The molecule has 2 aromatic carbocycles. The fraction of sp³-hybridized carbons (Fsp3) is 0.429. The van der Waals surface area contributed by atoms with Gasteiger partial charge in [0, 0.05) is 0 Å². The Morgan fingerprint density at radius 1 is 0.590 bits per heavy atom. The third kappa shape index (κ3) is 6.75. The van der Waals surface area contributed by atoms with E-state index in [1.54, 1.807) is 36.4 Å². The second-order valence-corrected chi connectivity index (χ2v) is 9.42. The number of fused-ring (bicyclic) bond motifs is 2. The molecule has 0 bridgehead atoms. The van der Waals surface area contributed by atoms with Gasteiger partial charge in [-0.1, -0.05) is 87.5 Å². The summed E-state index contributed by atoms with van der Waals surface area (Å²) in [6.07, 6.45) is 9.01. The molecule has 4 amide bonds. The molecule has 0 aliphatic carbocycles. The number of carbonyl (C=O) groups is 4. The first-order valence-electron chi connectivity index (χ1n) is 13.3. The molecule has 0 fully saturated rings. The van der Waals surface area contributed by atoms with Crippen molar-refractivity contribution in [2.75, 3.05) is 0 Å². The van der Waals surface area contributed by atoms with Crippen LogP contribution in [0.3, 0.4) is 0 Å². The van der Waals surface area contributed by atoms with Gasteiger partial charge in [-0.3, -0.25) is 19.2 Å². The lowest BCUT2D eigenvalue weighted by atomic mass is 10.1. The van der Waals surface area contributed by atoms with Gasteiger partial charge in [0.25, 0.3) is 23.6 Å². The number of imide groups is 2. The molecule has 11 nitrogen and oxygen atoms in total. The third-order valence-electron chi connectivity index (χ3n) is 6.74. The average Bonchev–Trinajstić information content (AvgIpc) is 3.35. The average molecular weight is 541 g/mol. The Balaban J connectivity index is 1.26. The summed E-state index contributed by atoms with van der Waals surface area (Å²) >= 11 is 0. The lowest BCUT2D eigenvalue weighted by Crippen LogP contribution is -2.41. The first kappa shape index (κ1) is 28.5. The molecule has 2 aromatic rings. The van der Waals surface area contributed by atoms with E-state index in [1.807, 2.05) is 0 Å². The van der Waals surface area contributed by atoms with Crippen LogP contribution in [0.2, 0.25) is 0 Å². The normalized spacial score (nSPS) is 15.3. The molecule has 1 atom stereocenters. The van der Waals surface area contributed by atoms with Gasteiger partial charge in [0.05, 0.1) is 22.3 Å². The van der Waals surface area contributed by atoms with E-state index in [-0.39, 0.29) is 22.3 Å². The van der Waals surface area contributed by atoms with E-state index in [1.165, 1.54) is 44.2 Å². The molecule has 0 spiro atoms. The lowest BCUT2D eigenvalue weighted by molar-refractivity contribution is -0.731. The number of hydrogen-bond acceptors (Lipinski definition) is 9. The molecule has 0 saturated heterocycles. The zero-order valence-corrected chi connectivity index (χ0v) is 21.8. The molecule has 0 radical (unpaired) electrons. The van der Waals surface area contributed by atoms with Crippen molar-refractivity contribution in [3.63, 3.8) is 0 Å². The maximum Gasteiger partial charge on any atom is 0.288 e. The quantitative estimate of drug-likeness (QED) is 0.111. The summed E-state index contributed by atoms with van der Waals surface area (Å²) in [5, 5.41) is 13.7. The Morgan fingerprint density at radius 3 is 1.56 bits per heavy atom. The van der Waals surface area contributed by atoms with Crippen molar-refractivity contribution < 1.29 is 44.2 Å². The molecule has 2 heterocycles. The van der Waals surface area contributed by atoms with Gasteiger partial charge in [0.15, 0.2) is 6.23 Å². The molecular weight excluding hydrogens is 508 g/mol. The maximum atomic E-state index is 12.9. The van der Waals surface area contributed by atoms with E-state index in [9.17, 15) is 19.2 Å². The Kier molecular flexibility index (Phi) is 10.3. The van der Waals surface area contributed by atoms with Gasteiger partial charge in [-0.15, -0.1) is 5.06 Å². The minimum absolute atomic E-state index is 0.148. The van der Waals surface area contributed by atoms with Gasteiger partial charge >= 0.3 is 0 Å². The van der Waals surface area contributed by atoms with Crippen molar-refractivity contribution in [3.05, 3.63) is 70.8 Å². The number of unbranched alkanes of at least 4 members (excludes halogenated alkanes) is 8. The van der Waals surface area contributed by atoms with Crippen LogP contribution in [0.1, 0.15) is 113 Å². The molecule has 208 valence electrons. The Morgan fingerprint density at radius 2 is 1.05 bits per heavy atom. The minimum atomic E-state index is -1.11. The van der Waals surface area contributed by atoms with Crippen LogP contribution < -0.4 is 0 Å². The molecule has 1 unspecified atom stereocenters. The predicted molar refractivity (Wildman–Crippen MR) is 135 cm³/mol. The highest BCUT2D eigenvalue weighted by atomic mass is 17.8. The number of hydrogen-bond donors (Lipinski definition) is 0. The summed E-state index contributed by atoms with van der Waals surface area (Å²) in [6.45, 7) is 2.19. The van der Waals surface area contributed by atoms with Gasteiger partial charge in [-0.25, -0.2) is 4.90 Å². The van der Waals surface area contributed by atoms with Crippen molar-refractivity contribution in [2.24, 2.45) is 0 Å². The van der Waals surface area contributed by atoms with E-state index in [0.717, 1.165) is 24.2 Å². The van der Waals surface area contributed by atoms with Crippen molar-refractivity contribution in [2.45, 2.75) is 77.4 Å². The summed E-state index contributed by atoms with van der Waals surface area (Å²) in [5.74, 6) is -2.50. The molecule has 2 aliphatic heterocycles. The zero-order valence-electron chi connectivity index (χ0n) is 21.8. The Hall–Kier alpha value is -3.48. The number of rotatable bonds is 17. The van der Waals surface area contributed by atoms with E-state index in [2.05, 4.69) is 27.0 Å². The molecule has 11 heteroatoms. The first-order valence-corrected chi connectivity index (χ1v) is 13.3. The van der Waals surface area contributed by atoms with Crippen LogP contribution in [0.15, 0.2) is 48.5 Å². The standard InChI is InChI=1S/C28H32N2O9/c1-2-3-4-5-6-7-8-9-10-19-24(29-25(31)20-15-11-12-16-21(20)26(29)32)35-37-39-38-36-30-27(33)22-17-13-14-18-23(22)28(30)34/h11-18,24H,2-10,19H2,1H3. The molecular formula is C28H32N2O9. The minimum Gasteiger partial charge on any atom is -0.268 e. The van der Waals surface area contributed by atoms with Crippen molar-refractivity contribution >= 4 is 23.6 Å². The SMILES string of the molecule is CCCCCCCCCCCC(OOOOON1C(=O)c2ccccc2C1=O)N1C(=O)c2ccccc2C1=O. The highest BCUT2D eigenvalue weighted by Crippen LogP contribution is 2.27. The first-order chi connectivity index (χ1) is 19.0. The lowest BCUT2D eigenvalue weighted by Gasteiger charge is -2.24. The number of hydroxylamine groups is 2. The molecule has 0 saturated carbocycles. The summed E-state index contributed by atoms with van der Waals surface area (Å²) in [4.78, 5) is 61.3. The highest BCUT2D eigenvalue weighted by Gasteiger charge is 2.41. The molecule has 39 heavy (non-hydrogen) atoms. The maximum absolute atomic E-state index is 12.9. The smallest absolute Gasteiger partial charge is 0.268 e. The molecule has 4 rings (SSSR count). The topological polar surface area (TPSA) is 121 Å². The summed E-state index contributed by atoms with van der Waals surface area (Å²) in [5.41, 5.74) is 0.841. The second kappa shape index (κ2) is 14.1. The zero-order chi connectivity index (χ0) is 27.6. The predicted octanol–water partition coefficient (Wildman–Crippen LogP) is 5.48. The fourth-order valence-corrected chi connectivity index (χ4v) is 4.67. The Labute approximate surface area is 226 Å². The van der Waals surface area contributed by atoms with E-state index in [4.69, 9.17) is 4.89 Å². The van der Waals surface area contributed by atoms with Crippen molar-refractivity contribution in [1.29, 1.82) is 0 Å². The summed E-state index contributed by atoms with van der Waals surface area (Å²) in [6, 6.07) is 12.6. The van der Waals surface area contributed by atoms with Gasteiger partial charge in [-0.2, -0.15) is 4.89 Å². The van der Waals surface area contributed by atoms with Crippen LogP contribution in [0.25, 0.3) is 0 Å². The molecule has 0 aromatic heterocycles. The van der Waals surface area contributed by atoms with E-state index in [0.29, 0.717) is 17.9 Å². The Bertz CT molecular complexity index is 1120. The second-order valence-electron chi connectivity index (χ2n) is 9.42. The number of carbonyl (C=O) groups excluding carboxylic acids is 4. The highest BCUT2D eigenvalue weighted by molar-refractivity contribution is 6.21. The summed E-state index contributed by atoms with van der Waals surface area (Å²) in [7, 11) is 0. The van der Waals surface area contributed by atoms with Crippen LogP contribution in [0, 0.1) is 0 Å².